The van der Waals surface area contributed by atoms with Crippen molar-refractivity contribution >= 4 is 5.82 Å². The molecular formula is C13H24N4. The lowest BCUT2D eigenvalue weighted by molar-refractivity contribution is 0.226. The van der Waals surface area contributed by atoms with Crippen LogP contribution in [0.4, 0.5) is 5.82 Å². The van der Waals surface area contributed by atoms with Gasteiger partial charge in [-0.3, -0.25) is 9.58 Å². The normalized spacial score (nSPS) is 16.1. The first-order valence-corrected chi connectivity index (χ1v) is 6.51. The number of nitrogen functional groups attached to an aromatic ring is 1. The van der Waals surface area contributed by atoms with E-state index in [1.807, 2.05) is 14.0 Å². The Morgan fingerprint density at radius 1 is 1.47 bits per heavy atom. The average molecular weight is 236 g/mol. The molecule has 0 radical (unpaired) electrons. The first kappa shape index (κ1) is 12.4. The van der Waals surface area contributed by atoms with Crippen molar-refractivity contribution in [1.29, 1.82) is 0 Å². The molecule has 1 aliphatic carbocycles. The molecule has 1 aliphatic rings. The van der Waals surface area contributed by atoms with Gasteiger partial charge >= 0.3 is 0 Å². The maximum atomic E-state index is 6.08. The Bertz CT molecular complexity index is 390. The van der Waals surface area contributed by atoms with Gasteiger partial charge in [0.25, 0.3) is 0 Å². The van der Waals surface area contributed by atoms with Crippen molar-refractivity contribution in [2.24, 2.45) is 13.0 Å². The molecule has 4 nitrogen and oxygen atoms in total. The Balaban J connectivity index is 2.11. The minimum absolute atomic E-state index is 0.703. The second-order valence-electron chi connectivity index (χ2n) is 5.63. The zero-order valence-corrected chi connectivity index (χ0v) is 11.4. The molecular weight excluding hydrogens is 212 g/mol. The molecule has 0 aliphatic heterocycles. The van der Waals surface area contributed by atoms with Crippen molar-refractivity contribution in [2.45, 2.75) is 46.2 Å². The minimum Gasteiger partial charge on any atom is -0.384 e. The molecule has 0 unspecified atom stereocenters. The van der Waals surface area contributed by atoms with E-state index in [0.29, 0.717) is 5.92 Å². The highest BCUT2D eigenvalue weighted by molar-refractivity contribution is 5.42. The van der Waals surface area contributed by atoms with E-state index in [0.717, 1.165) is 30.6 Å². The maximum absolute atomic E-state index is 6.08. The average Bonchev–Trinajstić information content (AvgIpc) is 3.02. The van der Waals surface area contributed by atoms with Crippen molar-refractivity contribution in [3.05, 3.63) is 11.3 Å². The summed E-state index contributed by atoms with van der Waals surface area (Å²) in [5.41, 5.74) is 8.35. The summed E-state index contributed by atoms with van der Waals surface area (Å²) in [7, 11) is 1.91. The Kier molecular flexibility index (Phi) is 3.43. The van der Waals surface area contributed by atoms with Crippen molar-refractivity contribution in [3.63, 3.8) is 0 Å². The predicted molar refractivity (Wildman–Crippen MR) is 70.6 cm³/mol. The van der Waals surface area contributed by atoms with Crippen LogP contribution < -0.4 is 5.73 Å². The molecule has 1 saturated carbocycles. The summed E-state index contributed by atoms with van der Waals surface area (Å²) in [5.74, 6) is 1.52. The topological polar surface area (TPSA) is 47.1 Å². The second-order valence-corrected chi connectivity index (χ2v) is 5.63. The third-order valence-electron chi connectivity index (χ3n) is 3.42. The van der Waals surface area contributed by atoms with Crippen LogP contribution in [0.1, 0.15) is 37.9 Å². The van der Waals surface area contributed by atoms with Gasteiger partial charge in [-0.05, 0) is 25.7 Å². The largest absolute Gasteiger partial charge is 0.384 e. The highest BCUT2D eigenvalue weighted by atomic mass is 15.3. The van der Waals surface area contributed by atoms with Gasteiger partial charge in [0.2, 0.25) is 0 Å². The van der Waals surface area contributed by atoms with Crippen LogP contribution in [-0.2, 0) is 13.6 Å². The van der Waals surface area contributed by atoms with Gasteiger partial charge in [0, 0.05) is 31.7 Å². The highest BCUT2D eigenvalue weighted by Crippen LogP contribution is 2.30. The molecule has 2 N–H and O–H groups in total. The number of nitrogens with two attached hydrogens (primary N) is 1. The third-order valence-corrected chi connectivity index (χ3v) is 3.42. The fourth-order valence-electron chi connectivity index (χ4n) is 2.37. The summed E-state index contributed by atoms with van der Waals surface area (Å²) in [6, 6.07) is 0.774. The number of aryl methyl sites for hydroxylation is 2. The van der Waals surface area contributed by atoms with E-state index >= 15 is 0 Å². The molecule has 96 valence electrons. The molecule has 0 spiro atoms. The van der Waals surface area contributed by atoms with Crippen LogP contribution in [0.3, 0.4) is 0 Å². The fraction of sp³-hybridized carbons (Fsp3) is 0.769. The molecule has 0 saturated heterocycles. The number of nitrogens with zero attached hydrogens (tertiary/aromatic N) is 3. The van der Waals surface area contributed by atoms with Crippen molar-refractivity contribution < 1.29 is 0 Å². The van der Waals surface area contributed by atoms with Crippen LogP contribution in [0.15, 0.2) is 0 Å². The molecule has 0 bridgehead atoms. The lowest BCUT2D eigenvalue weighted by atomic mass is 10.1. The van der Waals surface area contributed by atoms with E-state index in [2.05, 4.69) is 23.8 Å². The smallest absolute Gasteiger partial charge is 0.126 e. The van der Waals surface area contributed by atoms with E-state index in [-0.39, 0.29) is 0 Å². The van der Waals surface area contributed by atoms with Crippen LogP contribution in [0.2, 0.25) is 0 Å². The van der Waals surface area contributed by atoms with Gasteiger partial charge in [-0.1, -0.05) is 13.8 Å². The lowest BCUT2D eigenvalue weighted by Gasteiger charge is -2.24. The molecule has 0 amide bonds. The molecule has 0 aromatic carbocycles. The van der Waals surface area contributed by atoms with Crippen LogP contribution >= 0.6 is 0 Å². The quantitative estimate of drug-likeness (QED) is 0.849. The number of aromatic nitrogens is 2. The maximum Gasteiger partial charge on any atom is 0.126 e. The Morgan fingerprint density at radius 3 is 2.53 bits per heavy atom. The number of hydrogen-bond donors (Lipinski definition) is 1. The summed E-state index contributed by atoms with van der Waals surface area (Å²) in [6.07, 6.45) is 2.68. The number of rotatable bonds is 5. The van der Waals surface area contributed by atoms with Gasteiger partial charge in [-0.2, -0.15) is 5.10 Å². The summed E-state index contributed by atoms with van der Waals surface area (Å²) < 4.78 is 1.78. The molecule has 4 heteroatoms. The summed E-state index contributed by atoms with van der Waals surface area (Å²) in [4.78, 5) is 2.56. The van der Waals surface area contributed by atoms with Gasteiger partial charge in [-0.25, -0.2) is 0 Å². The van der Waals surface area contributed by atoms with Gasteiger partial charge in [-0.15, -0.1) is 0 Å². The number of anilines is 1. The van der Waals surface area contributed by atoms with E-state index in [9.17, 15) is 0 Å². The second kappa shape index (κ2) is 4.69. The van der Waals surface area contributed by atoms with E-state index < -0.39 is 0 Å². The molecule has 1 heterocycles. The van der Waals surface area contributed by atoms with Crippen molar-refractivity contribution in [3.8, 4) is 0 Å². The summed E-state index contributed by atoms with van der Waals surface area (Å²) in [5, 5.41) is 4.39. The monoisotopic (exact) mass is 236 g/mol. The first-order chi connectivity index (χ1) is 7.99. The molecule has 0 atom stereocenters. The Morgan fingerprint density at radius 2 is 2.12 bits per heavy atom. The standard InChI is InChI=1S/C13H24N4/c1-9(2)7-17(11-5-6-11)8-12-10(3)15-16(4)13(12)14/h9,11H,5-8,14H2,1-4H3. The van der Waals surface area contributed by atoms with Crippen molar-refractivity contribution in [1.82, 2.24) is 14.7 Å². The van der Waals surface area contributed by atoms with Crippen LogP contribution in [0.5, 0.6) is 0 Å². The molecule has 1 aromatic rings. The Labute approximate surface area is 104 Å². The SMILES string of the molecule is Cc1nn(C)c(N)c1CN(CC(C)C)C1CC1. The van der Waals surface area contributed by atoms with Crippen LogP contribution in [0, 0.1) is 12.8 Å². The minimum atomic E-state index is 0.703. The van der Waals surface area contributed by atoms with E-state index in [1.165, 1.54) is 18.4 Å². The highest BCUT2D eigenvalue weighted by Gasteiger charge is 2.30. The van der Waals surface area contributed by atoms with Gasteiger partial charge < -0.3 is 5.73 Å². The van der Waals surface area contributed by atoms with E-state index in [1.54, 1.807) is 4.68 Å². The predicted octanol–water partition coefficient (Wildman–Crippen LogP) is 1.93. The van der Waals surface area contributed by atoms with Crippen LogP contribution in [0.25, 0.3) is 0 Å². The zero-order chi connectivity index (χ0) is 12.6. The van der Waals surface area contributed by atoms with Crippen LogP contribution in [-0.4, -0.2) is 27.3 Å². The fourth-order valence-corrected chi connectivity index (χ4v) is 2.37. The van der Waals surface area contributed by atoms with Gasteiger partial charge in [0.1, 0.15) is 5.82 Å². The first-order valence-electron chi connectivity index (χ1n) is 6.51. The summed E-state index contributed by atoms with van der Waals surface area (Å²) >= 11 is 0. The summed E-state index contributed by atoms with van der Waals surface area (Å²) in [6.45, 7) is 8.70. The zero-order valence-electron chi connectivity index (χ0n) is 11.4. The molecule has 1 aromatic heterocycles. The van der Waals surface area contributed by atoms with Crippen molar-refractivity contribution in [2.75, 3.05) is 12.3 Å². The number of hydrogen-bond acceptors (Lipinski definition) is 3. The lowest BCUT2D eigenvalue weighted by Crippen LogP contribution is -2.30. The Hall–Kier alpha value is -1.03. The van der Waals surface area contributed by atoms with Gasteiger partial charge in [0.05, 0.1) is 5.69 Å². The molecule has 2 rings (SSSR count). The molecule has 17 heavy (non-hydrogen) atoms. The third kappa shape index (κ3) is 2.80. The van der Waals surface area contributed by atoms with Gasteiger partial charge in [0.15, 0.2) is 0 Å². The van der Waals surface area contributed by atoms with E-state index in [4.69, 9.17) is 5.73 Å². The molecule has 1 fully saturated rings.